The van der Waals surface area contributed by atoms with Crippen molar-refractivity contribution in [2.45, 2.75) is 72.1 Å². The number of benzene rings is 1. The van der Waals surface area contributed by atoms with Crippen molar-refractivity contribution in [3.63, 3.8) is 0 Å². The molecule has 0 fully saturated rings. The molecule has 1 atom stereocenters. The van der Waals surface area contributed by atoms with Crippen LogP contribution in [0.2, 0.25) is 0 Å². The molecule has 1 aromatic carbocycles. The van der Waals surface area contributed by atoms with Gasteiger partial charge in [-0.3, -0.25) is 4.79 Å². The number of esters is 2. The zero-order chi connectivity index (χ0) is 24.0. The molecule has 0 saturated carbocycles. The number of rotatable bonds is 7. The van der Waals surface area contributed by atoms with Gasteiger partial charge in [-0.05, 0) is 58.7 Å². The van der Waals surface area contributed by atoms with E-state index in [4.69, 9.17) is 9.47 Å². The highest BCUT2D eigenvalue weighted by Gasteiger charge is 2.29. The van der Waals surface area contributed by atoms with Gasteiger partial charge < -0.3 is 19.9 Å². The van der Waals surface area contributed by atoms with Crippen LogP contribution in [0.15, 0.2) is 29.8 Å². The molecule has 0 spiro atoms. The Labute approximate surface area is 182 Å². The van der Waals surface area contributed by atoms with E-state index in [2.05, 4.69) is 5.32 Å². The average Bonchev–Trinajstić information content (AvgIpc) is 2.56. The quantitative estimate of drug-likeness (QED) is 0.294. The molecule has 0 aliphatic heterocycles. The minimum atomic E-state index is -1.14. The van der Waals surface area contributed by atoms with Crippen molar-refractivity contribution >= 4 is 29.9 Å². The van der Waals surface area contributed by atoms with Crippen molar-refractivity contribution in [3.8, 4) is 0 Å². The summed E-state index contributed by atoms with van der Waals surface area (Å²) in [4.78, 5) is 47.7. The lowest BCUT2D eigenvalue weighted by atomic mass is 10.0. The third-order valence-corrected chi connectivity index (χ3v) is 3.64. The Kier molecular flexibility index (Phi) is 8.55. The molecule has 2 N–H and O–H groups in total. The molecule has 0 aromatic heterocycles. The summed E-state index contributed by atoms with van der Waals surface area (Å²) in [6.07, 6.45) is 1.46. The van der Waals surface area contributed by atoms with E-state index in [1.807, 2.05) is 0 Å². The van der Waals surface area contributed by atoms with Gasteiger partial charge in [-0.2, -0.15) is 0 Å². The van der Waals surface area contributed by atoms with Gasteiger partial charge in [-0.25, -0.2) is 14.4 Å². The van der Waals surface area contributed by atoms with Crippen LogP contribution < -0.4 is 5.32 Å². The summed E-state index contributed by atoms with van der Waals surface area (Å²) in [5.74, 6) is -3.19. The summed E-state index contributed by atoms with van der Waals surface area (Å²) in [5.41, 5.74) is -0.648. The smallest absolute Gasteiger partial charge is 0.346 e. The van der Waals surface area contributed by atoms with E-state index >= 15 is 0 Å². The summed E-state index contributed by atoms with van der Waals surface area (Å²) in [7, 11) is 0. The van der Waals surface area contributed by atoms with Crippen molar-refractivity contribution in [3.05, 3.63) is 41.0 Å². The second kappa shape index (κ2) is 10.2. The molecule has 1 rings (SSSR count). The molecular formula is C23H31NO7. The molecule has 170 valence electrons. The summed E-state index contributed by atoms with van der Waals surface area (Å²) < 4.78 is 10.7. The minimum absolute atomic E-state index is 0.0872. The van der Waals surface area contributed by atoms with E-state index in [-0.39, 0.29) is 12.0 Å². The Balaban J connectivity index is 3.16. The topological polar surface area (TPSA) is 119 Å². The summed E-state index contributed by atoms with van der Waals surface area (Å²) in [6.45, 7) is 11.4. The Morgan fingerprint density at radius 2 is 1.39 bits per heavy atom. The van der Waals surface area contributed by atoms with Crippen LogP contribution in [-0.2, 0) is 35.1 Å². The molecule has 0 unspecified atom stereocenters. The first-order valence-electron chi connectivity index (χ1n) is 9.84. The van der Waals surface area contributed by atoms with Gasteiger partial charge in [0.15, 0.2) is 0 Å². The van der Waals surface area contributed by atoms with Gasteiger partial charge in [-0.1, -0.05) is 24.3 Å². The van der Waals surface area contributed by atoms with Crippen molar-refractivity contribution in [2.75, 3.05) is 0 Å². The van der Waals surface area contributed by atoms with E-state index in [1.54, 1.807) is 65.8 Å². The molecule has 0 aliphatic carbocycles. The molecule has 0 heterocycles. The average molecular weight is 434 g/mol. The van der Waals surface area contributed by atoms with Crippen molar-refractivity contribution in [1.82, 2.24) is 5.32 Å². The number of nitrogens with one attached hydrogen (secondary N) is 1. The standard InChI is InChI=1S/C23H31NO7/c1-14(25)24-18(19(26)27)13-16-10-8-15(9-11-16)12-17(20(28)30-22(2,3)4)21(29)31-23(5,6)7/h8-12,18H,13H2,1-7H3,(H,24,25)(H,26,27)/t18-/m0/s1. The normalized spacial score (nSPS) is 12.4. The first-order chi connectivity index (χ1) is 14.1. The molecule has 0 bridgehead atoms. The molecule has 31 heavy (non-hydrogen) atoms. The second-order valence-electron chi connectivity index (χ2n) is 9.10. The SMILES string of the molecule is CC(=O)N[C@@H](Cc1ccc(C=C(C(=O)OC(C)(C)C)C(=O)OC(C)(C)C)cc1)C(=O)O. The molecule has 1 aromatic rings. The summed E-state index contributed by atoms with van der Waals surface area (Å²) >= 11 is 0. The van der Waals surface area contributed by atoms with Crippen molar-refractivity contribution in [2.24, 2.45) is 0 Å². The maximum atomic E-state index is 12.6. The van der Waals surface area contributed by atoms with E-state index in [9.17, 15) is 24.3 Å². The zero-order valence-corrected chi connectivity index (χ0v) is 19.1. The summed E-state index contributed by atoms with van der Waals surface area (Å²) in [6, 6.07) is 5.53. The molecule has 0 saturated heterocycles. The largest absolute Gasteiger partial charge is 0.480 e. The van der Waals surface area contributed by atoms with Crippen LogP contribution in [0, 0.1) is 0 Å². The number of aliphatic carboxylic acids is 1. The van der Waals surface area contributed by atoms with Gasteiger partial charge in [0.05, 0.1) is 0 Å². The van der Waals surface area contributed by atoms with E-state index in [1.165, 1.54) is 13.0 Å². The molecule has 8 heteroatoms. The van der Waals surface area contributed by atoms with Crippen LogP contribution in [0.3, 0.4) is 0 Å². The Bertz CT molecular complexity index is 825. The third-order valence-electron chi connectivity index (χ3n) is 3.64. The lowest BCUT2D eigenvalue weighted by molar-refractivity contribution is -0.158. The monoisotopic (exact) mass is 433 g/mol. The maximum Gasteiger partial charge on any atom is 0.346 e. The Morgan fingerprint density at radius 1 is 0.935 bits per heavy atom. The minimum Gasteiger partial charge on any atom is -0.480 e. The number of amides is 1. The highest BCUT2D eigenvalue weighted by atomic mass is 16.6. The number of carbonyl (C=O) groups excluding carboxylic acids is 3. The highest BCUT2D eigenvalue weighted by Crippen LogP contribution is 2.19. The fourth-order valence-corrected chi connectivity index (χ4v) is 2.47. The maximum absolute atomic E-state index is 12.6. The lowest BCUT2D eigenvalue weighted by Crippen LogP contribution is -2.41. The second-order valence-corrected chi connectivity index (χ2v) is 9.10. The number of carbonyl (C=O) groups is 4. The van der Waals surface area contributed by atoms with Crippen molar-refractivity contribution in [1.29, 1.82) is 0 Å². The van der Waals surface area contributed by atoms with Gasteiger partial charge in [0.25, 0.3) is 0 Å². The van der Waals surface area contributed by atoms with E-state index < -0.39 is 41.1 Å². The van der Waals surface area contributed by atoms with Crippen LogP contribution in [0.4, 0.5) is 0 Å². The predicted molar refractivity (Wildman–Crippen MR) is 115 cm³/mol. The molecular weight excluding hydrogens is 402 g/mol. The Hall–Kier alpha value is -3.16. The first kappa shape index (κ1) is 25.9. The fourth-order valence-electron chi connectivity index (χ4n) is 2.47. The van der Waals surface area contributed by atoms with E-state index in [0.29, 0.717) is 11.1 Å². The fraction of sp³-hybridized carbons (Fsp3) is 0.478. The van der Waals surface area contributed by atoms with Gasteiger partial charge in [0, 0.05) is 13.3 Å². The number of carboxylic acid groups (broad SMARTS) is 1. The van der Waals surface area contributed by atoms with Crippen LogP contribution in [0.1, 0.15) is 59.6 Å². The highest BCUT2D eigenvalue weighted by molar-refractivity contribution is 6.17. The van der Waals surface area contributed by atoms with Crippen LogP contribution in [0.5, 0.6) is 0 Å². The zero-order valence-electron chi connectivity index (χ0n) is 19.1. The Morgan fingerprint density at radius 3 is 1.74 bits per heavy atom. The van der Waals surface area contributed by atoms with Crippen LogP contribution >= 0.6 is 0 Å². The van der Waals surface area contributed by atoms with E-state index in [0.717, 1.165) is 0 Å². The predicted octanol–water partition coefficient (Wildman–Crippen LogP) is 2.89. The number of hydrogen-bond acceptors (Lipinski definition) is 6. The van der Waals surface area contributed by atoms with Crippen LogP contribution in [-0.4, -0.2) is 46.2 Å². The van der Waals surface area contributed by atoms with Gasteiger partial charge >= 0.3 is 17.9 Å². The van der Waals surface area contributed by atoms with Gasteiger partial charge in [0.2, 0.25) is 5.91 Å². The van der Waals surface area contributed by atoms with Gasteiger partial charge in [-0.15, -0.1) is 0 Å². The third kappa shape index (κ3) is 9.93. The molecule has 0 radical (unpaired) electrons. The van der Waals surface area contributed by atoms with Gasteiger partial charge in [0.1, 0.15) is 22.8 Å². The number of hydrogen-bond donors (Lipinski definition) is 2. The lowest BCUT2D eigenvalue weighted by Gasteiger charge is -2.23. The van der Waals surface area contributed by atoms with Crippen LogP contribution in [0.25, 0.3) is 6.08 Å². The number of carboxylic acids is 1. The summed E-state index contributed by atoms with van der Waals surface area (Å²) in [5, 5.41) is 11.6. The first-order valence-corrected chi connectivity index (χ1v) is 9.84. The van der Waals surface area contributed by atoms with Crippen molar-refractivity contribution < 1.29 is 33.8 Å². The molecule has 1 amide bonds. The molecule has 0 aliphatic rings. The number of ether oxygens (including phenoxy) is 2. The molecule has 8 nitrogen and oxygen atoms in total.